The Morgan fingerprint density at radius 1 is 1.23 bits per heavy atom. The van der Waals surface area contributed by atoms with E-state index < -0.39 is 6.04 Å². The number of pyridine rings is 1. The number of nitrogens with two attached hydrogens (primary N) is 1. The second kappa shape index (κ2) is 11.7. The molecule has 2 aromatic heterocycles. The van der Waals surface area contributed by atoms with Gasteiger partial charge in [-0.2, -0.15) is 0 Å². The highest BCUT2D eigenvalue weighted by atomic mass is 32.1. The smallest absolute Gasteiger partial charge is 0.264 e. The van der Waals surface area contributed by atoms with Gasteiger partial charge in [0.15, 0.2) is 0 Å². The zero-order chi connectivity index (χ0) is 24.8. The number of hydrogen-bond donors (Lipinski definition) is 2. The third kappa shape index (κ3) is 6.06. The predicted octanol–water partition coefficient (Wildman–Crippen LogP) is 1.90. The SMILES string of the molecule is COCCN(C(=O)c1cccs1)C1CC(C(=O)NC2CCC(N)CC2)N(C(=O)c2cccnc2)C1. The number of carbonyl (C=O) groups excluding carboxylic acids is 3. The summed E-state index contributed by atoms with van der Waals surface area (Å²) >= 11 is 1.38. The summed E-state index contributed by atoms with van der Waals surface area (Å²) in [4.78, 5) is 48.2. The summed E-state index contributed by atoms with van der Waals surface area (Å²) in [6, 6.07) is 6.27. The fourth-order valence-corrected chi connectivity index (χ4v) is 5.59. The highest BCUT2D eigenvalue weighted by Crippen LogP contribution is 2.27. The normalized spacial score (nSPS) is 24.2. The van der Waals surface area contributed by atoms with E-state index in [1.54, 1.807) is 41.3 Å². The first-order valence-electron chi connectivity index (χ1n) is 12.1. The molecule has 9 nitrogen and oxygen atoms in total. The van der Waals surface area contributed by atoms with E-state index in [1.165, 1.54) is 17.5 Å². The minimum atomic E-state index is -0.676. The zero-order valence-corrected chi connectivity index (χ0v) is 20.8. The maximum absolute atomic E-state index is 13.4. The summed E-state index contributed by atoms with van der Waals surface area (Å²) < 4.78 is 5.26. The number of carbonyl (C=O) groups is 3. The van der Waals surface area contributed by atoms with Crippen LogP contribution in [0, 0.1) is 0 Å². The maximum atomic E-state index is 13.4. The minimum absolute atomic E-state index is 0.0500. The van der Waals surface area contributed by atoms with Gasteiger partial charge >= 0.3 is 0 Å². The second-order valence-electron chi connectivity index (χ2n) is 9.19. The Labute approximate surface area is 209 Å². The average molecular weight is 500 g/mol. The Balaban J connectivity index is 1.56. The van der Waals surface area contributed by atoms with E-state index in [9.17, 15) is 14.4 Å². The first-order chi connectivity index (χ1) is 17.0. The number of methoxy groups -OCH3 is 1. The zero-order valence-electron chi connectivity index (χ0n) is 20.0. The Bertz CT molecular complexity index is 995. The van der Waals surface area contributed by atoms with Crippen molar-refractivity contribution in [2.75, 3.05) is 26.8 Å². The average Bonchev–Trinajstić information content (AvgIpc) is 3.57. The number of nitrogens with zero attached hydrogens (tertiary/aromatic N) is 3. The number of thiophene rings is 1. The molecule has 10 heteroatoms. The second-order valence-corrected chi connectivity index (χ2v) is 10.1. The van der Waals surface area contributed by atoms with Crippen molar-refractivity contribution in [3.05, 3.63) is 52.5 Å². The van der Waals surface area contributed by atoms with Crippen LogP contribution in [-0.2, 0) is 9.53 Å². The van der Waals surface area contributed by atoms with Crippen LogP contribution in [0.4, 0.5) is 0 Å². The fraction of sp³-hybridized carbons (Fsp3) is 0.520. The summed E-state index contributed by atoms with van der Waals surface area (Å²) in [7, 11) is 1.59. The molecule has 4 rings (SSSR count). The molecule has 2 unspecified atom stereocenters. The lowest BCUT2D eigenvalue weighted by Crippen LogP contribution is -2.50. The minimum Gasteiger partial charge on any atom is -0.383 e. The van der Waals surface area contributed by atoms with Gasteiger partial charge in [0, 0.05) is 44.7 Å². The Morgan fingerprint density at radius 2 is 2.03 bits per heavy atom. The third-order valence-corrected chi connectivity index (χ3v) is 7.70. The summed E-state index contributed by atoms with van der Waals surface area (Å²) in [5.74, 6) is -0.555. The molecule has 35 heavy (non-hydrogen) atoms. The van der Waals surface area contributed by atoms with Crippen LogP contribution >= 0.6 is 11.3 Å². The van der Waals surface area contributed by atoms with Crippen molar-refractivity contribution in [1.82, 2.24) is 20.1 Å². The van der Waals surface area contributed by atoms with Crippen molar-refractivity contribution in [3.63, 3.8) is 0 Å². The molecule has 0 spiro atoms. The predicted molar refractivity (Wildman–Crippen MR) is 133 cm³/mol. The van der Waals surface area contributed by atoms with E-state index in [-0.39, 0.29) is 42.4 Å². The van der Waals surface area contributed by atoms with Crippen molar-refractivity contribution in [1.29, 1.82) is 0 Å². The van der Waals surface area contributed by atoms with Crippen LogP contribution in [0.15, 0.2) is 42.0 Å². The lowest BCUT2D eigenvalue weighted by molar-refractivity contribution is -0.125. The summed E-state index contributed by atoms with van der Waals surface area (Å²) in [6.07, 6.45) is 6.88. The van der Waals surface area contributed by atoms with Gasteiger partial charge in [-0.25, -0.2) is 0 Å². The van der Waals surface area contributed by atoms with Gasteiger partial charge in [-0.3, -0.25) is 19.4 Å². The first kappa shape index (κ1) is 25.3. The van der Waals surface area contributed by atoms with Gasteiger partial charge in [-0.05, 0) is 55.7 Å². The molecule has 1 aliphatic carbocycles. The summed E-state index contributed by atoms with van der Waals surface area (Å²) in [5, 5.41) is 5.01. The number of aromatic nitrogens is 1. The first-order valence-corrected chi connectivity index (χ1v) is 13.0. The van der Waals surface area contributed by atoms with Gasteiger partial charge in [0.2, 0.25) is 5.91 Å². The molecule has 1 aliphatic heterocycles. The van der Waals surface area contributed by atoms with Gasteiger partial charge in [0.25, 0.3) is 11.8 Å². The molecule has 188 valence electrons. The van der Waals surface area contributed by atoms with Gasteiger partial charge in [0.1, 0.15) is 6.04 Å². The van der Waals surface area contributed by atoms with E-state index in [2.05, 4.69) is 10.3 Å². The molecule has 0 radical (unpaired) electrons. The van der Waals surface area contributed by atoms with Crippen molar-refractivity contribution in [2.24, 2.45) is 5.73 Å². The lowest BCUT2D eigenvalue weighted by Gasteiger charge is -2.30. The number of nitrogens with one attached hydrogen (secondary N) is 1. The number of ether oxygens (including phenoxy) is 1. The molecule has 1 saturated heterocycles. The highest BCUT2D eigenvalue weighted by Gasteiger charge is 2.44. The molecule has 1 saturated carbocycles. The van der Waals surface area contributed by atoms with Gasteiger partial charge < -0.3 is 25.6 Å². The standard InChI is InChI=1S/C25H33N5O4S/c1-34-12-11-29(25(33)22-5-3-13-35-22)20-14-21(23(31)28-19-8-6-18(26)7-9-19)30(16-20)24(32)17-4-2-10-27-15-17/h2-5,10,13,15,18-21H,6-9,11-12,14,16,26H2,1H3,(H,28,31). The molecular weight excluding hydrogens is 466 g/mol. The van der Waals surface area contributed by atoms with Crippen LogP contribution in [-0.4, -0.2) is 83.5 Å². The van der Waals surface area contributed by atoms with Crippen molar-refractivity contribution in [2.45, 2.75) is 56.3 Å². The molecule has 0 bridgehead atoms. The molecule has 2 aromatic rings. The Morgan fingerprint density at radius 3 is 2.69 bits per heavy atom. The van der Waals surface area contributed by atoms with Crippen molar-refractivity contribution in [3.8, 4) is 0 Å². The lowest BCUT2D eigenvalue weighted by atomic mass is 9.91. The molecule has 3 heterocycles. The fourth-order valence-electron chi connectivity index (χ4n) is 4.91. The number of hydrogen-bond acceptors (Lipinski definition) is 7. The molecule has 3 amide bonds. The molecule has 2 fully saturated rings. The summed E-state index contributed by atoms with van der Waals surface area (Å²) in [5.41, 5.74) is 6.44. The third-order valence-electron chi connectivity index (χ3n) is 6.84. The van der Waals surface area contributed by atoms with Crippen LogP contribution in [0.5, 0.6) is 0 Å². The largest absolute Gasteiger partial charge is 0.383 e. The quantitative estimate of drug-likeness (QED) is 0.573. The van der Waals surface area contributed by atoms with Crippen LogP contribution in [0.2, 0.25) is 0 Å². The van der Waals surface area contributed by atoms with Crippen LogP contribution < -0.4 is 11.1 Å². The van der Waals surface area contributed by atoms with Gasteiger partial charge in [-0.1, -0.05) is 6.07 Å². The van der Waals surface area contributed by atoms with Gasteiger partial charge in [-0.15, -0.1) is 11.3 Å². The Hall–Kier alpha value is -2.82. The van der Waals surface area contributed by atoms with E-state index in [4.69, 9.17) is 10.5 Å². The monoisotopic (exact) mass is 499 g/mol. The van der Waals surface area contributed by atoms with Gasteiger partial charge in [0.05, 0.1) is 23.1 Å². The topological polar surface area (TPSA) is 118 Å². The molecule has 2 aliphatic rings. The summed E-state index contributed by atoms with van der Waals surface area (Å²) in [6.45, 7) is 1.01. The number of rotatable bonds is 8. The molecular formula is C25H33N5O4S. The number of amides is 3. The number of likely N-dealkylation sites (tertiary alicyclic amines) is 1. The molecule has 3 N–H and O–H groups in total. The Kier molecular flexibility index (Phi) is 8.48. The highest BCUT2D eigenvalue weighted by molar-refractivity contribution is 7.12. The molecule has 0 aromatic carbocycles. The van der Waals surface area contributed by atoms with Crippen molar-refractivity contribution < 1.29 is 19.1 Å². The van der Waals surface area contributed by atoms with E-state index in [0.717, 1.165) is 25.7 Å². The van der Waals surface area contributed by atoms with Crippen LogP contribution in [0.1, 0.15) is 52.1 Å². The van der Waals surface area contributed by atoms with Crippen LogP contribution in [0.25, 0.3) is 0 Å². The molecule has 2 atom stereocenters. The van der Waals surface area contributed by atoms with Crippen LogP contribution in [0.3, 0.4) is 0 Å². The van der Waals surface area contributed by atoms with E-state index in [1.807, 2.05) is 11.4 Å². The maximum Gasteiger partial charge on any atom is 0.264 e. The van der Waals surface area contributed by atoms with E-state index in [0.29, 0.717) is 30.0 Å². The van der Waals surface area contributed by atoms with Crippen molar-refractivity contribution >= 4 is 29.1 Å². The van der Waals surface area contributed by atoms with E-state index >= 15 is 0 Å².